The molecule has 0 bridgehead atoms. The lowest BCUT2D eigenvalue weighted by Gasteiger charge is -2.22. The van der Waals surface area contributed by atoms with Gasteiger partial charge in [-0.05, 0) is 66.8 Å². The molecule has 0 radical (unpaired) electrons. The van der Waals surface area contributed by atoms with E-state index in [4.69, 9.17) is 9.84 Å². The van der Waals surface area contributed by atoms with E-state index in [1.165, 1.54) is 0 Å². The summed E-state index contributed by atoms with van der Waals surface area (Å²) < 4.78 is 22.1. The van der Waals surface area contributed by atoms with Gasteiger partial charge in [0.1, 0.15) is 28.2 Å². The summed E-state index contributed by atoms with van der Waals surface area (Å²) in [5, 5.41) is 7.58. The van der Waals surface area contributed by atoms with E-state index in [0.29, 0.717) is 17.0 Å². The number of para-hydroxylation sites is 1. The number of nitrogens with zero attached hydrogens (tertiary/aromatic N) is 3. The maximum absolute atomic E-state index is 13.0. The van der Waals surface area contributed by atoms with Gasteiger partial charge in [0.05, 0.1) is 23.0 Å². The SMILES string of the molecule is CNC(=O)c1c(-c2ccc(Oc3ccccc3)cc2)nn2cc3c(cc12)C(C)CCCN3S(C)=O. The first kappa shape index (κ1) is 23.1. The molecule has 1 N–H and O–H groups in total. The Morgan fingerprint density at radius 3 is 2.51 bits per heavy atom. The lowest BCUT2D eigenvalue weighted by molar-refractivity contribution is 0.0965. The molecule has 5 rings (SSSR count). The molecule has 0 fully saturated rings. The van der Waals surface area contributed by atoms with Gasteiger partial charge < -0.3 is 10.1 Å². The molecule has 1 aliphatic heterocycles. The second-order valence-corrected chi connectivity index (χ2v) is 10.0. The number of rotatable bonds is 5. The Balaban J connectivity index is 1.61. The fraction of sp³-hybridized carbons (Fsp3) is 0.259. The van der Waals surface area contributed by atoms with E-state index in [9.17, 15) is 9.00 Å². The van der Waals surface area contributed by atoms with Gasteiger partial charge in [0, 0.05) is 25.4 Å². The van der Waals surface area contributed by atoms with Gasteiger partial charge in [-0.2, -0.15) is 5.10 Å². The molecule has 0 spiro atoms. The van der Waals surface area contributed by atoms with Crippen LogP contribution in [0, 0.1) is 0 Å². The molecule has 8 heteroatoms. The number of carbonyl (C=O) groups excluding carboxylic acids is 1. The smallest absolute Gasteiger partial charge is 0.255 e. The van der Waals surface area contributed by atoms with Crippen molar-refractivity contribution < 1.29 is 13.7 Å². The Bertz CT molecular complexity index is 1400. The average Bonchev–Trinajstić information content (AvgIpc) is 3.16. The van der Waals surface area contributed by atoms with Crippen molar-refractivity contribution >= 4 is 28.1 Å². The lowest BCUT2D eigenvalue weighted by atomic mass is 9.96. The highest BCUT2D eigenvalue weighted by Gasteiger charge is 2.27. The molecule has 4 aromatic rings. The van der Waals surface area contributed by atoms with Crippen LogP contribution < -0.4 is 14.4 Å². The molecule has 35 heavy (non-hydrogen) atoms. The molecule has 2 aromatic heterocycles. The minimum absolute atomic E-state index is 0.197. The third kappa shape index (κ3) is 4.41. The van der Waals surface area contributed by atoms with Crippen LogP contribution in [0.5, 0.6) is 11.5 Å². The topological polar surface area (TPSA) is 75.9 Å². The number of aromatic nitrogens is 2. The van der Waals surface area contributed by atoms with Gasteiger partial charge in [-0.3, -0.25) is 9.10 Å². The first-order valence-corrected chi connectivity index (χ1v) is 13.2. The van der Waals surface area contributed by atoms with Crippen molar-refractivity contribution in [2.75, 3.05) is 24.2 Å². The summed E-state index contributed by atoms with van der Waals surface area (Å²) in [5.41, 5.74) is 4.66. The predicted octanol–water partition coefficient (Wildman–Crippen LogP) is 5.15. The van der Waals surface area contributed by atoms with Crippen LogP contribution in [0.1, 0.15) is 41.6 Å². The molecule has 2 aromatic carbocycles. The predicted molar refractivity (Wildman–Crippen MR) is 140 cm³/mol. The highest BCUT2D eigenvalue weighted by atomic mass is 32.2. The van der Waals surface area contributed by atoms with Gasteiger partial charge in [0.25, 0.3) is 5.91 Å². The number of amides is 1. The second kappa shape index (κ2) is 9.54. The number of ether oxygens (including phenoxy) is 1. The van der Waals surface area contributed by atoms with E-state index in [2.05, 4.69) is 12.2 Å². The van der Waals surface area contributed by atoms with Gasteiger partial charge in [-0.25, -0.2) is 8.72 Å². The maximum atomic E-state index is 13.0. The Labute approximate surface area is 207 Å². The van der Waals surface area contributed by atoms with Crippen molar-refractivity contribution in [3.05, 3.63) is 78.0 Å². The first-order valence-electron chi connectivity index (χ1n) is 11.7. The number of benzene rings is 2. The van der Waals surface area contributed by atoms with Crippen LogP contribution in [0.2, 0.25) is 0 Å². The summed E-state index contributed by atoms with van der Waals surface area (Å²) in [6, 6.07) is 19.2. The van der Waals surface area contributed by atoms with Crippen LogP contribution >= 0.6 is 0 Å². The third-order valence-electron chi connectivity index (χ3n) is 6.45. The van der Waals surface area contributed by atoms with Gasteiger partial charge >= 0.3 is 0 Å². The van der Waals surface area contributed by atoms with Gasteiger partial charge in [0.15, 0.2) is 0 Å². The zero-order valence-corrected chi connectivity index (χ0v) is 20.8. The normalized spacial score (nSPS) is 16.4. The van der Waals surface area contributed by atoms with E-state index < -0.39 is 11.0 Å². The van der Waals surface area contributed by atoms with Gasteiger partial charge in [0.2, 0.25) is 0 Å². The van der Waals surface area contributed by atoms with Crippen LogP contribution in [-0.2, 0) is 11.0 Å². The molecular formula is C27H28N4O3S. The van der Waals surface area contributed by atoms with Crippen molar-refractivity contribution in [1.29, 1.82) is 0 Å². The molecular weight excluding hydrogens is 460 g/mol. The molecule has 0 saturated carbocycles. The summed E-state index contributed by atoms with van der Waals surface area (Å²) >= 11 is 0. The first-order chi connectivity index (χ1) is 17.0. The number of hydrogen-bond acceptors (Lipinski definition) is 4. The van der Waals surface area contributed by atoms with E-state index in [0.717, 1.165) is 47.5 Å². The standard InChI is InChI=1S/C27H28N4O3S/c1-18-8-7-15-31(35(3)33)24-17-30-23(16-22(18)24)25(27(32)28-2)26(29-30)19-11-13-21(14-12-19)34-20-9-5-4-6-10-20/h4-6,9-14,16-18H,7-8,15H2,1-3H3,(H,28,32). The molecule has 1 amide bonds. The Hall–Kier alpha value is -3.65. The van der Waals surface area contributed by atoms with Crippen molar-refractivity contribution in [3.8, 4) is 22.8 Å². The van der Waals surface area contributed by atoms with E-state index in [-0.39, 0.29) is 11.8 Å². The third-order valence-corrected chi connectivity index (χ3v) is 7.45. The van der Waals surface area contributed by atoms with Crippen molar-refractivity contribution in [3.63, 3.8) is 0 Å². The monoisotopic (exact) mass is 488 g/mol. The highest BCUT2D eigenvalue weighted by molar-refractivity contribution is 7.85. The molecule has 1 aliphatic rings. The number of anilines is 1. The van der Waals surface area contributed by atoms with E-state index in [1.54, 1.807) is 17.8 Å². The van der Waals surface area contributed by atoms with Crippen LogP contribution in [0.15, 0.2) is 66.9 Å². The van der Waals surface area contributed by atoms with Crippen molar-refractivity contribution in [1.82, 2.24) is 14.9 Å². The summed E-state index contributed by atoms with van der Waals surface area (Å²) in [7, 11) is 0.478. The fourth-order valence-electron chi connectivity index (χ4n) is 4.64. The van der Waals surface area contributed by atoms with E-state index >= 15 is 0 Å². The minimum Gasteiger partial charge on any atom is -0.457 e. The molecule has 0 aliphatic carbocycles. The molecule has 180 valence electrons. The number of hydrogen-bond donors (Lipinski definition) is 1. The number of carbonyl (C=O) groups is 1. The lowest BCUT2D eigenvalue weighted by Crippen LogP contribution is -2.26. The highest BCUT2D eigenvalue weighted by Crippen LogP contribution is 2.38. The largest absolute Gasteiger partial charge is 0.457 e. The molecule has 0 saturated heterocycles. The van der Waals surface area contributed by atoms with Gasteiger partial charge in [-0.15, -0.1) is 0 Å². The quantitative estimate of drug-likeness (QED) is 0.422. The van der Waals surface area contributed by atoms with Crippen molar-refractivity contribution in [2.24, 2.45) is 0 Å². The van der Waals surface area contributed by atoms with E-state index in [1.807, 2.05) is 71.2 Å². The van der Waals surface area contributed by atoms with Gasteiger partial charge in [-0.1, -0.05) is 25.1 Å². The second-order valence-electron chi connectivity index (χ2n) is 8.76. The summed E-state index contributed by atoms with van der Waals surface area (Å²) in [4.78, 5) is 13.0. The average molecular weight is 489 g/mol. The number of fused-ring (bicyclic) bond motifs is 2. The fourth-order valence-corrected chi connectivity index (χ4v) is 5.46. The zero-order chi connectivity index (χ0) is 24.5. The maximum Gasteiger partial charge on any atom is 0.255 e. The summed E-state index contributed by atoms with van der Waals surface area (Å²) in [6.07, 6.45) is 5.57. The zero-order valence-electron chi connectivity index (χ0n) is 20.0. The summed E-state index contributed by atoms with van der Waals surface area (Å²) in [6.45, 7) is 2.91. The summed E-state index contributed by atoms with van der Waals surface area (Å²) in [5.74, 6) is 1.55. The Morgan fingerprint density at radius 1 is 1.11 bits per heavy atom. The molecule has 2 unspecified atom stereocenters. The van der Waals surface area contributed by atoms with Crippen LogP contribution in [0.4, 0.5) is 5.69 Å². The van der Waals surface area contributed by atoms with Crippen LogP contribution in [0.25, 0.3) is 16.8 Å². The molecule has 7 nitrogen and oxygen atoms in total. The minimum atomic E-state index is -1.15. The van der Waals surface area contributed by atoms with Crippen LogP contribution in [-0.4, -0.2) is 39.6 Å². The number of pyridine rings is 1. The Kier molecular flexibility index (Phi) is 6.30. The van der Waals surface area contributed by atoms with Crippen molar-refractivity contribution in [2.45, 2.75) is 25.7 Å². The number of nitrogens with one attached hydrogen (secondary N) is 1. The molecule has 2 atom stereocenters. The Morgan fingerprint density at radius 2 is 1.83 bits per heavy atom. The van der Waals surface area contributed by atoms with Crippen LogP contribution in [0.3, 0.4) is 0 Å². The molecule has 3 heterocycles.